The molecule has 0 atom stereocenters. The first-order valence-electron chi connectivity index (χ1n) is 3.12. The summed E-state index contributed by atoms with van der Waals surface area (Å²) in [6.07, 6.45) is 6.39. The van der Waals surface area contributed by atoms with Crippen LogP contribution in [0.4, 0.5) is 0 Å². The Hall–Kier alpha value is -1.11. The molecule has 9 heavy (non-hydrogen) atoms. The van der Waals surface area contributed by atoms with Crippen LogP contribution in [0.5, 0.6) is 0 Å². The average Bonchev–Trinajstić information content (AvgIpc) is 2.33. The number of allylic oxidation sites excluding steroid dienone is 1. The van der Waals surface area contributed by atoms with Gasteiger partial charge in [0.05, 0.1) is 0 Å². The number of hydrogen-bond donors (Lipinski definition) is 0. The molecule has 44 valence electrons. The Balaban J connectivity index is 2.63. The zero-order chi connectivity index (χ0) is 6.10. The first kappa shape index (κ1) is 4.74. The van der Waals surface area contributed by atoms with E-state index in [1.807, 2.05) is 0 Å². The Morgan fingerprint density at radius 3 is 3.22 bits per heavy atom. The minimum Gasteiger partial charge on any atom is -0.195 e. The van der Waals surface area contributed by atoms with Gasteiger partial charge < -0.3 is 0 Å². The van der Waals surface area contributed by atoms with E-state index in [4.69, 9.17) is 0 Å². The summed E-state index contributed by atoms with van der Waals surface area (Å²) in [5, 5.41) is 0. The monoisotopic (exact) mass is 118 g/mol. The SMILES string of the molecule is C1=Cc2cccc[n+]2C1. The molecule has 2 rings (SSSR count). The molecule has 1 aromatic heterocycles. The highest BCUT2D eigenvalue weighted by Crippen LogP contribution is 1.99. The van der Waals surface area contributed by atoms with Crippen LogP contribution in [-0.2, 0) is 6.54 Å². The molecule has 0 saturated carbocycles. The molecular weight excluding hydrogens is 110 g/mol. The zero-order valence-corrected chi connectivity index (χ0v) is 5.12. The largest absolute Gasteiger partial charge is 0.205 e. The molecule has 0 spiro atoms. The molecule has 0 aliphatic carbocycles. The fourth-order valence-corrected chi connectivity index (χ4v) is 1.09. The molecule has 1 heteroatoms. The van der Waals surface area contributed by atoms with Crippen LogP contribution in [0.15, 0.2) is 30.5 Å². The van der Waals surface area contributed by atoms with Crippen molar-refractivity contribution in [2.45, 2.75) is 6.54 Å². The van der Waals surface area contributed by atoms with Crippen LogP contribution < -0.4 is 4.57 Å². The number of rotatable bonds is 0. The Bertz CT molecular complexity index is 250. The van der Waals surface area contributed by atoms with Crippen molar-refractivity contribution in [3.63, 3.8) is 0 Å². The number of hydrogen-bond acceptors (Lipinski definition) is 0. The van der Waals surface area contributed by atoms with Crippen LogP contribution in [-0.4, -0.2) is 0 Å². The maximum atomic E-state index is 2.21. The van der Waals surface area contributed by atoms with Crippen molar-refractivity contribution in [3.8, 4) is 0 Å². The van der Waals surface area contributed by atoms with Crippen molar-refractivity contribution in [2.75, 3.05) is 0 Å². The van der Waals surface area contributed by atoms with Gasteiger partial charge in [0.1, 0.15) is 0 Å². The summed E-state index contributed by atoms with van der Waals surface area (Å²) in [6.45, 7) is 1.04. The van der Waals surface area contributed by atoms with Gasteiger partial charge in [0, 0.05) is 18.2 Å². The Kier molecular flexibility index (Phi) is 0.890. The normalized spacial score (nSPS) is 13.8. The zero-order valence-electron chi connectivity index (χ0n) is 5.12. The van der Waals surface area contributed by atoms with E-state index < -0.39 is 0 Å². The van der Waals surface area contributed by atoms with Gasteiger partial charge in [-0.2, -0.15) is 4.57 Å². The fraction of sp³-hybridized carbons (Fsp3) is 0.125. The van der Waals surface area contributed by atoms with Gasteiger partial charge in [-0.25, -0.2) is 0 Å². The molecule has 2 heterocycles. The quantitative estimate of drug-likeness (QED) is 0.447. The molecule has 0 radical (unpaired) electrons. The maximum Gasteiger partial charge on any atom is 0.205 e. The van der Waals surface area contributed by atoms with E-state index in [-0.39, 0.29) is 0 Å². The summed E-state index contributed by atoms with van der Waals surface area (Å²) < 4.78 is 2.21. The van der Waals surface area contributed by atoms with E-state index in [2.05, 4.69) is 41.1 Å². The van der Waals surface area contributed by atoms with Gasteiger partial charge in [-0.3, -0.25) is 0 Å². The topological polar surface area (TPSA) is 3.88 Å². The lowest BCUT2D eigenvalue weighted by Crippen LogP contribution is -2.31. The van der Waals surface area contributed by atoms with Crippen LogP contribution >= 0.6 is 0 Å². The molecule has 0 unspecified atom stereocenters. The Morgan fingerprint density at radius 1 is 1.33 bits per heavy atom. The van der Waals surface area contributed by atoms with Crippen LogP contribution in [0.3, 0.4) is 0 Å². The molecule has 0 N–H and O–H groups in total. The second-order valence-electron chi connectivity index (χ2n) is 2.18. The van der Waals surface area contributed by atoms with Gasteiger partial charge in [-0.1, -0.05) is 0 Å². The third kappa shape index (κ3) is 0.653. The summed E-state index contributed by atoms with van der Waals surface area (Å²) in [6, 6.07) is 6.22. The van der Waals surface area contributed by atoms with Crippen LogP contribution in [0, 0.1) is 0 Å². The molecule has 1 aliphatic rings. The van der Waals surface area contributed by atoms with Gasteiger partial charge in [0.15, 0.2) is 12.7 Å². The molecular formula is C8H8N+. The molecule has 0 amide bonds. The third-order valence-corrected chi connectivity index (χ3v) is 1.57. The van der Waals surface area contributed by atoms with Crippen LogP contribution in [0.1, 0.15) is 5.69 Å². The fourth-order valence-electron chi connectivity index (χ4n) is 1.09. The van der Waals surface area contributed by atoms with Crippen molar-refractivity contribution in [2.24, 2.45) is 0 Å². The standard InChI is InChI=1S/C8H8N/c1-2-6-9-7-3-5-8(9)4-1/h1-6H,7H2/q+1. The molecule has 0 fully saturated rings. The van der Waals surface area contributed by atoms with Crippen LogP contribution in [0.2, 0.25) is 0 Å². The van der Waals surface area contributed by atoms with Crippen molar-refractivity contribution in [3.05, 3.63) is 36.2 Å². The predicted molar refractivity (Wildman–Crippen MR) is 35.7 cm³/mol. The number of fused-ring (bicyclic) bond motifs is 1. The van der Waals surface area contributed by atoms with E-state index >= 15 is 0 Å². The first-order chi connectivity index (χ1) is 4.47. The van der Waals surface area contributed by atoms with Crippen molar-refractivity contribution in [1.82, 2.24) is 0 Å². The number of nitrogens with zero attached hydrogens (tertiary/aromatic N) is 1. The van der Waals surface area contributed by atoms with Gasteiger partial charge in [0.2, 0.25) is 5.69 Å². The lowest BCUT2D eigenvalue weighted by molar-refractivity contribution is -0.684. The molecule has 0 saturated heterocycles. The summed E-state index contributed by atoms with van der Waals surface area (Å²) in [7, 11) is 0. The van der Waals surface area contributed by atoms with Gasteiger partial charge >= 0.3 is 0 Å². The third-order valence-electron chi connectivity index (χ3n) is 1.57. The Labute approximate surface area is 54.3 Å². The van der Waals surface area contributed by atoms with Gasteiger partial charge in [0.25, 0.3) is 0 Å². The van der Waals surface area contributed by atoms with E-state index in [0.29, 0.717) is 0 Å². The van der Waals surface area contributed by atoms with Crippen molar-refractivity contribution >= 4 is 6.08 Å². The van der Waals surface area contributed by atoms with E-state index in [0.717, 1.165) is 6.54 Å². The summed E-state index contributed by atoms with van der Waals surface area (Å²) in [5.41, 5.74) is 1.30. The molecule has 0 bridgehead atoms. The maximum absolute atomic E-state index is 2.21. The Morgan fingerprint density at radius 2 is 2.33 bits per heavy atom. The molecule has 0 aromatic carbocycles. The highest BCUT2D eigenvalue weighted by molar-refractivity contribution is 5.42. The van der Waals surface area contributed by atoms with E-state index in [1.54, 1.807) is 0 Å². The van der Waals surface area contributed by atoms with Crippen LogP contribution in [0.25, 0.3) is 6.08 Å². The van der Waals surface area contributed by atoms with Gasteiger partial charge in [-0.05, 0) is 12.1 Å². The highest BCUT2D eigenvalue weighted by Gasteiger charge is 2.08. The smallest absolute Gasteiger partial charge is 0.195 e. The first-order valence-corrected chi connectivity index (χ1v) is 3.12. The van der Waals surface area contributed by atoms with Gasteiger partial charge in [-0.15, -0.1) is 0 Å². The number of aromatic nitrogens is 1. The summed E-state index contributed by atoms with van der Waals surface area (Å²) >= 11 is 0. The highest BCUT2D eigenvalue weighted by atomic mass is 15.0. The minimum absolute atomic E-state index is 1.04. The number of pyridine rings is 1. The van der Waals surface area contributed by atoms with E-state index in [9.17, 15) is 0 Å². The lowest BCUT2D eigenvalue weighted by Gasteiger charge is -1.87. The van der Waals surface area contributed by atoms with E-state index in [1.165, 1.54) is 5.69 Å². The predicted octanol–water partition coefficient (Wildman–Crippen LogP) is 1.00. The summed E-state index contributed by atoms with van der Waals surface area (Å²) in [4.78, 5) is 0. The molecule has 1 aromatic rings. The van der Waals surface area contributed by atoms with Crippen molar-refractivity contribution in [1.29, 1.82) is 0 Å². The minimum atomic E-state index is 1.04. The summed E-state index contributed by atoms with van der Waals surface area (Å²) in [5.74, 6) is 0. The second-order valence-corrected chi connectivity index (χ2v) is 2.18. The molecule has 1 nitrogen and oxygen atoms in total. The second kappa shape index (κ2) is 1.69. The molecule has 1 aliphatic heterocycles. The lowest BCUT2D eigenvalue weighted by atomic mass is 10.4. The van der Waals surface area contributed by atoms with Crippen molar-refractivity contribution < 1.29 is 4.57 Å². The average molecular weight is 118 g/mol.